The number of anilines is 1. The molecule has 0 spiro atoms. The van der Waals surface area contributed by atoms with Crippen LogP contribution in [-0.2, 0) is 22.4 Å². The second-order valence-electron chi connectivity index (χ2n) is 7.93. The lowest BCUT2D eigenvalue weighted by Crippen LogP contribution is -3.14. The van der Waals surface area contributed by atoms with Gasteiger partial charge in [-0.1, -0.05) is 13.8 Å². The number of likely N-dealkylation sites (tertiary alicyclic amines) is 1. The molecule has 0 unspecified atom stereocenters. The second kappa shape index (κ2) is 8.53. The molecule has 26 heavy (non-hydrogen) atoms. The molecule has 1 aliphatic carbocycles. The van der Waals surface area contributed by atoms with Crippen LogP contribution < -0.4 is 10.2 Å². The normalized spacial score (nSPS) is 25.4. The zero-order chi connectivity index (χ0) is 18.7. The number of rotatable bonds is 5. The Kier molecular flexibility index (Phi) is 6.35. The molecule has 1 amide bonds. The van der Waals surface area contributed by atoms with Gasteiger partial charge >= 0.3 is 5.97 Å². The molecule has 0 radical (unpaired) electrons. The first-order valence-electron chi connectivity index (χ1n) is 9.93. The summed E-state index contributed by atoms with van der Waals surface area (Å²) >= 11 is 1.57. The fraction of sp³-hybridized carbons (Fsp3) is 0.700. The van der Waals surface area contributed by atoms with E-state index in [2.05, 4.69) is 19.2 Å². The van der Waals surface area contributed by atoms with E-state index >= 15 is 0 Å². The average Bonchev–Trinajstić information content (AvgIpc) is 2.93. The van der Waals surface area contributed by atoms with E-state index in [0.29, 0.717) is 29.6 Å². The summed E-state index contributed by atoms with van der Waals surface area (Å²) in [6.45, 7) is 9.27. The standard InChI is InChI=1S/C20H30N2O3S/c1-4-25-20(24)18-15-6-5-14(3)11-16(15)26-19(18)21-17(23)12-22-9-7-13(2)8-10-22/h13-14H,4-12H2,1-3H3,(H,21,23)/p+1/t14-/m0/s1. The number of hydrogen-bond donors (Lipinski definition) is 2. The Labute approximate surface area is 160 Å². The Balaban J connectivity index is 1.73. The van der Waals surface area contributed by atoms with E-state index in [-0.39, 0.29) is 11.9 Å². The largest absolute Gasteiger partial charge is 0.462 e. The van der Waals surface area contributed by atoms with Gasteiger partial charge in [0.25, 0.3) is 5.91 Å². The Bertz CT molecular complexity index is 662. The van der Waals surface area contributed by atoms with Gasteiger partial charge in [-0.3, -0.25) is 4.79 Å². The molecule has 0 saturated carbocycles. The number of hydrogen-bond acceptors (Lipinski definition) is 4. The van der Waals surface area contributed by atoms with Crippen molar-refractivity contribution in [2.45, 2.75) is 52.9 Å². The summed E-state index contributed by atoms with van der Waals surface area (Å²) < 4.78 is 5.27. The van der Waals surface area contributed by atoms with Gasteiger partial charge in [-0.25, -0.2) is 4.79 Å². The van der Waals surface area contributed by atoms with Crippen LogP contribution in [0.1, 0.15) is 60.8 Å². The van der Waals surface area contributed by atoms with E-state index in [1.54, 1.807) is 11.3 Å². The van der Waals surface area contributed by atoms with E-state index in [9.17, 15) is 9.59 Å². The van der Waals surface area contributed by atoms with Gasteiger partial charge in [-0.05, 0) is 56.4 Å². The molecule has 1 aromatic heterocycles. The van der Waals surface area contributed by atoms with Gasteiger partial charge in [0.2, 0.25) is 0 Å². The fourth-order valence-corrected chi connectivity index (χ4v) is 5.42. The molecular formula is C20H31N2O3S+. The number of ether oxygens (including phenoxy) is 1. The fourth-order valence-electron chi connectivity index (χ4n) is 4.00. The molecule has 1 aromatic rings. The molecular weight excluding hydrogens is 348 g/mol. The van der Waals surface area contributed by atoms with Crippen LogP contribution >= 0.6 is 11.3 Å². The zero-order valence-corrected chi connectivity index (χ0v) is 17.0. The number of quaternary nitrogens is 1. The quantitative estimate of drug-likeness (QED) is 0.772. The van der Waals surface area contributed by atoms with Crippen molar-refractivity contribution in [3.05, 3.63) is 16.0 Å². The lowest BCUT2D eigenvalue weighted by molar-refractivity contribution is -0.897. The van der Waals surface area contributed by atoms with Crippen LogP contribution in [0.5, 0.6) is 0 Å². The molecule has 3 rings (SSSR count). The SMILES string of the molecule is CCOC(=O)c1c(NC(=O)C[NH+]2CCC(C)CC2)sc2c1CC[C@H](C)C2. The molecule has 0 aromatic carbocycles. The lowest BCUT2D eigenvalue weighted by atomic mass is 9.88. The van der Waals surface area contributed by atoms with Crippen LogP contribution in [-0.4, -0.2) is 38.1 Å². The van der Waals surface area contributed by atoms with Gasteiger partial charge < -0.3 is 15.0 Å². The highest BCUT2D eigenvalue weighted by Crippen LogP contribution is 2.40. The maximum Gasteiger partial charge on any atom is 0.341 e. The van der Waals surface area contributed by atoms with E-state index in [4.69, 9.17) is 4.74 Å². The number of carbonyl (C=O) groups excluding carboxylic acids is 2. The average molecular weight is 380 g/mol. The molecule has 2 aliphatic rings. The predicted molar refractivity (Wildman–Crippen MR) is 104 cm³/mol. The van der Waals surface area contributed by atoms with Crippen LogP contribution in [0.4, 0.5) is 5.00 Å². The number of esters is 1. The van der Waals surface area contributed by atoms with Crippen molar-refractivity contribution in [2.75, 3.05) is 31.6 Å². The topological polar surface area (TPSA) is 59.8 Å². The summed E-state index contributed by atoms with van der Waals surface area (Å²) in [7, 11) is 0. The molecule has 144 valence electrons. The molecule has 1 aliphatic heterocycles. The summed E-state index contributed by atoms with van der Waals surface area (Å²) in [5.74, 6) is 1.10. The van der Waals surface area contributed by atoms with Crippen molar-refractivity contribution >= 4 is 28.2 Å². The number of fused-ring (bicyclic) bond motifs is 1. The third-order valence-electron chi connectivity index (χ3n) is 5.64. The third-order valence-corrected chi connectivity index (χ3v) is 6.81. The number of thiophene rings is 1. The maximum absolute atomic E-state index is 12.6. The van der Waals surface area contributed by atoms with E-state index in [0.717, 1.165) is 43.8 Å². The Hall–Kier alpha value is -1.40. The van der Waals surface area contributed by atoms with Crippen molar-refractivity contribution < 1.29 is 19.2 Å². The monoisotopic (exact) mass is 379 g/mol. The van der Waals surface area contributed by atoms with E-state index in [1.165, 1.54) is 22.6 Å². The highest BCUT2D eigenvalue weighted by molar-refractivity contribution is 7.17. The summed E-state index contributed by atoms with van der Waals surface area (Å²) in [5, 5.41) is 3.73. The Morgan fingerprint density at radius 1 is 1.19 bits per heavy atom. The molecule has 5 nitrogen and oxygen atoms in total. The Morgan fingerprint density at radius 3 is 2.62 bits per heavy atom. The summed E-state index contributed by atoms with van der Waals surface area (Å²) in [6.07, 6.45) is 5.33. The minimum Gasteiger partial charge on any atom is -0.462 e. The van der Waals surface area contributed by atoms with Crippen molar-refractivity contribution in [3.63, 3.8) is 0 Å². The van der Waals surface area contributed by atoms with Gasteiger partial charge in [0.1, 0.15) is 5.00 Å². The second-order valence-corrected chi connectivity index (χ2v) is 9.04. The molecule has 1 fully saturated rings. The van der Waals surface area contributed by atoms with Gasteiger partial charge in [0, 0.05) is 4.88 Å². The van der Waals surface area contributed by atoms with Crippen molar-refractivity contribution in [1.29, 1.82) is 0 Å². The van der Waals surface area contributed by atoms with E-state index < -0.39 is 0 Å². The molecule has 6 heteroatoms. The summed E-state index contributed by atoms with van der Waals surface area (Å²) in [6, 6.07) is 0. The minimum absolute atomic E-state index is 0.00625. The smallest absolute Gasteiger partial charge is 0.341 e. The number of nitrogens with one attached hydrogen (secondary N) is 2. The van der Waals surface area contributed by atoms with Crippen molar-refractivity contribution in [1.82, 2.24) is 0 Å². The first kappa shape index (κ1) is 19.4. The molecule has 0 bridgehead atoms. The zero-order valence-electron chi connectivity index (χ0n) is 16.2. The van der Waals surface area contributed by atoms with Gasteiger partial charge in [0.05, 0.1) is 25.3 Å². The lowest BCUT2D eigenvalue weighted by Gasteiger charge is -2.26. The van der Waals surface area contributed by atoms with Crippen LogP contribution in [0.3, 0.4) is 0 Å². The predicted octanol–water partition coefficient (Wildman–Crippen LogP) is 2.30. The maximum atomic E-state index is 12.6. The van der Waals surface area contributed by atoms with Crippen molar-refractivity contribution in [3.8, 4) is 0 Å². The third kappa shape index (κ3) is 4.46. The highest BCUT2D eigenvalue weighted by Gasteiger charge is 2.30. The van der Waals surface area contributed by atoms with Gasteiger partial charge in [-0.2, -0.15) is 0 Å². The van der Waals surface area contributed by atoms with Crippen LogP contribution in [0.2, 0.25) is 0 Å². The first-order chi connectivity index (χ1) is 12.5. The highest BCUT2D eigenvalue weighted by atomic mass is 32.1. The van der Waals surface area contributed by atoms with Crippen LogP contribution in [0.15, 0.2) is 0 Å². The summed E-state index contributed by atoms with van der Waals surface area (Å²) in [5.41, 5.74) is 1.70. The molecule has 1 atom stereocenters. The van der Waals surface area contributed by atoms with Gasteiger partial charge in [-0.15, -0.1) is 11.3 Å². The number of carbonyl (C=O) groups is 2. The molecule has 2 N–H and O–H groups in total. The van der Waals surface area contributed by atoms with Gasteiger partial charge in [0.15, 0.2) is 6.54 Å². The van der Waals surface area contributed by atoms with Crippen molar-refractivity contribution in [2.24, 2.45) is 11.8 Å². The molecule has 2 heterocycles. The first-order valence-corrected chi connectivity index (χ1v) is 10.7. The number of amides is 1. The number of piperidine rings is 1. The van der Waals surface area contributed by atoms with Crippen LogP contribution in [0.25, 0.3) is 0 Å². The van der Waals surface area contributed by atoms with E-state index in [1.807, 2.05) is 6.92 Å². The Morgan fingerprint density at radius 2 is 1.92 bits per heavy atom. The van der Waals surface area contributed by atoms with Crippen LogP contribution in [0, 0.1) is 11.8 Å². The molecule has 1 saturated heterocycles. The summed E-state index contributed by atoms with van der Waals surface area (Å²) in [4.78, 5) is 27.7. The minimum atomic E-state index is -0.297.